The zero-order chi connectivity index (χ0) is 17.7. The van der Waals surface area contributed by atoms with Crippen LogP contribution in [-0.2, 0) is 14.8 Å². The van der Waals surface area contributed by atoms with Gasteiger partial charge in [-0.05, 0) is 38.1 Å². The first-order valence-corrected chi connectivity index (χ1v) is 9.08. The van der Waals surface area contributed by atoms with Crippen molar-refractivity contribution in [2.24, 2.45) is 10.6 Å². The number of carbonyl (C=O) groups excluding carboxylic acids is 1. The van der Waals surface area contributed by atoms with Gasteiger partial charge in [0.2, 0.25) is 10.0 Å². The van der Waals surface area contributed by atoms with Gasteiger partial charge in [-0.25, -0.2) is 13.6 Å². The van der Waals surface area contributed by atoms with Crippen LogP contribution in [0, 0.1) is 5.41 Å². The lowest BCUT2D eigenvalue weighted by Crippen LogP contribution is -3.08. The maximum Gasteiger partial charge on any atom is 0.279 e. The summed E-state index contributed by atoms with van der Waals surface area (Å²) in [5, 5.41) is 9.75. The summed E-state index contributed by atoms with van der Waals surface area (Å²) in [6, 6.07) is 5.79. The zero-order valence-electron chi connectivity index (χ0n) is 14.2. The van der Waals surface area contributed by atoms with Crippen LogP contribution in [0.2, 0.25) is 0 Å². The van der Waals surface area contributed by atoms with Gasteiger partial charge in [0.05, 0.1) is 37.5 Å². The maximum absolute atomic E-state index is 11.9. The predicted molar refractivity (Wildman–Crippen MR) is 89.6 cm³/mol. The Morgan fingerprint density at radius 2 is 1.83 bits per heavy atom. The lowest BCUT2D eigenvalue weighted by atomic mass is 9.93. The molecular formula is C15H28N4O3S+2. The number of hydrogen-bond donors (Lipinski definition) is 4. The van der Waals surface area contributed by atoms with E-state index in [0.29, 0.717) is 12.2 Å². The molecule has 0 radical (unpaired) electrons. The van der Waals surface area contributed by atoms with Crippen LogP contribution in [0.1, 0.15) is 13.8 Å². The van der Waals surface area contributed by atoms with Gasteiger partial charge in [0, 0.05) is 5.69 Å². The molecule has 1 aromatic carbocycles. The molecule has 0 heterocycles. The third-order valence-electron chi connectivity index (χ3n) is 3.33. The van der Waals surface area contributed by atoms with Crippen molar-refractivity contribution in [3.05, 3.63) is 24.3 Å². The summed E-state index contributed by atoms with van der Waals surface area (Å²) in [5.41, 5.74) is 0.698. The highest BCUT2D eigenvalue weighted by atomic mass is 32.2. The zero-order valence-corrected chi connectivity index (χ0v) is 15.0. The van der Waals surface area contributed by atoms with Gasteiger partial charge < -0.3 is 15.5 Å². The molecule has 0 bridgehead atoms. The normalized spacial score (nSPS) is 12.4. The smallest absolute Gasteiger partial charge is 0.279 e. The monoisotopic (exact) mass is 344 g/mol. The molecule has 0 saturated heterocycles. The SMILES string of the molecule is C[NH+](C)CC(C)(C)C[NH2+]CC(=O)Nc1ccc(S(N)(=O)=O)cc1. The number of carbonyl (C=O) groups is 1. The topological polar surface area (TPSA) is 110 Å². The Morgan fingerprint density at radius 3 is 2.30 bits per heavy atom. The Kier molecular flexibility index (Phi) is 6.69. The summed E-state index contributed by atoms with van der Waals surface area (Å²) in [6.45, 7) is 6.57. The maximum atomic E-state index is 11.9. The van der Waals surface area contributed by atoms with Crippen molar-refractivity contribution in [2.45, 2.75) is 18.7 Å². The number of rotatable bonds is 8. The molecule has 1 aromatic rings. The lowest BCUT2D eigenvalue weighted by Gasteiger charge is -2.23. The lowest BCUT2D eigenvalue weighted by molar-refractivity contribution is -0.868. The van der Waals surface area contributed by atoms with E-state index in [9.17, 15) is 13.2 Å². The standard InChI is InChI=1S/C15H26N4O3S/c1-15(2,11-19(3)4)10-17-9-14(20)18-12-5-7-13(8-6-12)23(16,21)22/h5-8,17H,9-11H2,1-4H3,(H,18,20)(H2,16,21,22)/p+2. The number of nitrogens with two attached hydrogens (primary N) is 2. The fourth-order valence-corrected chi connectivity index (χ4v) is 3.08. The van der Waals surface area contributed by atoms with E-state index in [1.54, 1.807) is 0 Å². The van der Waals surface area contributed by atoms with Gasteiger partial charge >= 0.3 is 0 Å². The highest BCUT2D eigenvalue weighted by Gasteiger charge is 2.24. The molecule has 130 valence electrons. The number of hydrogen-bond acceptors (Lipinski definition) is 3. The minimum Gasteiger partial charge on any atom is -0.339 e. The van der Waals surface area contributed by atoms with Crippen LogP contribution < -0.4 is 20.7 Å². The summed E-state index contributed by atoms with van der Waals surface area (Å²) in [5.74, 6) is -0.124. The highest BCUT2D eigenvalue weighted by Crippen LogP contribution is 2.12. The van der Waals surface area contributed by atoms with Crippen molar-refractivity contribution >= 4 is 21.6 Å². The van der Waals surface area contributed by atoms with Crippen LogP contribution in [0.4, 0.5) is 5.69 Å². The van der Waals surface area contributed by atoms with E-state index >= 15 is 0 Å². The van der Waals surface area contributed by atoms with Gasteiger partial charge in [-0.3, -0.25) is 4.79 Å². The number of nitrogens with one attached hydrogen (secondary N) is 2. The molecule has 7 nitrogen and oxygen atoms in total. The molecule has 8 heteroatoms. The van der Waals surface area contributed by atoms with Crippen molar-refractivity contribution in [1.29, 1.82) is 0 Å². The van der Waals surface area contributed by atoms with Gasteiger partial charge in [-0.1, -0.05) is 0 Å². The third-order valence-corrected chi connectivity index (χ3v) is 4.25. The van der Waals surface area contributed by atoms with Crippen molar-refractivity contribution in [3.63, 3.8) is 0 Å². The van der Waals surface area contributed by atoms with E-state index in [-0.39, 0.29) is 16.2 Å². The van der Waals surface area contributed by atoms with E-state index in [1.807, 2.05) is 5.32 Å². The van der Waals surface area contributed by atoms with Crippen LogP contribution in [0.5, 0.6) is 0 Å². The van der Waals surface area contributed by atoms with Crippen molar-refractivity contribution < 1.29 is 23.4 Å². The summed E-state index contributed by atoms with van der Waals surface area (Å²) in [7, 11) is 0.512. The molecule has 0 spiro atoms. The molecular weight excluding hydrogens is 316 g/mol. The Morgan fingerprint density at radius 1 is 1.26 bits per heavy atom. The minimum absolute atomic E-state index is 0.0231. The van der Waals surface area contributed by atoms with Gasteiger partial charge in [0.1, 0.15) is 0 Å². The van der Waals surface area contributed by atoms with Crippen LogP contribution in [0.3, 0.4) is 0 Å². The van der Waals surface area contributed by atoms with Gasteiger partial charge in [-0.15, -0.1) is 0 Å². The Bertz CT molecular complexity index is 625. The Labute approximate surface area is 138 Å². The van der Waals surface area contributed by atoms with E-state index < -0.39 is 10.0 Å². The largest absolute Gasteiger partial charge is 0.339 e. The Balaban J connectivity index is 2.45. The minimum atomic E-state index is -3.71. The Hall–Kier alpha value is -1.48. The molecule has 0 aliphatic heterocycles. The van der Waals surface area contributed by atoms with Gasteiger partial charge in [0.25, 0.3) is 5.91 Å². The van der Waals surface area contributed by atoms with E-state index in [1.165, 1.54) is 29.2 Å². The van der Waals surface area contributed by atoms with Crippen molar-refractivity contribution in [3.8, 4) is 0 Å². The number of benzene rings is 1. The third kappa shape index (κ3) is 7.56. The molecule has 0 saturated carbocycles. The first-order chi connectivity index (χ1) is 10.5. The molecule has 1 rings (SSSR count). The fraction of sp³-hybridized carbons (Fsp3) is 0.533. The van der Waals surface area contributed by atoms with E-state index in [0.717, 1.165) is 13.1 Å². The first-order valence-electron chi connectivity index (χ1n) is 7.53. The summed E-state index contributed by atoms with van der Waals surface area (Å²) in [6.07, 6.45) is 0. The molecule has 0 unspecified atom stereocenters. The van der Waals surface area contributed by atoms with Gasteiger partial charge in [0.15, 0.2) is 6.54 Å². The van der Waals surface area contributed by atoms with Crippen LogP contribution >= 0.6 is 0 Å². The number of anilines is 1. The van der Waals surface area contributed by atoms with Crippen molar-refractivity contribution in [2.75, 3.05) is 39.0 Å². The summed E-state index contributed by atoms with van der Waals surface area (Å²) < 4.78 is 22.3. The molecule has 0 fully saturated rings. The predicted octanol–water partition coefficient (Wildman–Crippen LogP) is -1.99. The molecule has 6 N–H and O–H groups in total. The first kappa shape index (κ1) is 19.6. The second-order valence-electron chi connectivity index (χ2n) is 6.86. The number of amides is 1. The highest BCUT2D eigenvalue weighted by molar-refractivity contribution is 7.89. The average molecular weight is 344 g/mol. The second kappa shape index (κ2) is 7.87. The second-order valence-corrected chi connectivity index (χ2v) is 8.42. The number of quaternary nitrogens is 2. The molecule has 0 aliphatic rings. The molecule has 1 amide bonds. The van der Waals surface area contributed by atoms with E-state index in [4.69, 9.17) is 5.14 Å². The van der Waals surface area contributed by atoms with Crippen LogP contribution in [0.15, 0.2) is 29.2 Å². The quantitative estimate of drug-likeness (QED) is 0.438. The van der Waals surface area contributed by atoms with Crippen molar-refractivity contribution in [1.82, 2.24) is 0 Å². The number of sulfonamides is 1. The number of primary sulfonamides is 1. The molecule has 0 atom stereocenters. The molecule has 0 aliphatic carbocycles. The average Bonchev–Trinajstić information content (AvgIpc) is 2.36. The fourth-order valence-electron chi connectivity index (χ4n) is 2.56. The molecule has 23 heavy (non-hydrogen) atoms. The molecule has 0 aromatic heterocycles. The van der Waals surface area contributed by atoms with Crippen LogP contribution in [0.25, 0.3) is 0 Å². The summed E-state index contributed by atoms with van der Waals surface area (Å²) in [4.78, 5) is 13.3. The van der Waals surface area contributed by atoms with Crippen LogP contribution in [-0.4, -0.2) is 48.1 Å². The van der Waals surface area contributed by atoms with E-state index in [2.05, 4.69) is 33.3 Å². The van der Waals surface area contributed by atoms with Gasteiger partial charge in [-0.2, -0.15) is 0 Å². The summed E-state index contributed by atoms with van der Waals surface area (Å²) >= 11 is 0.